The predicted molar refractivity (Wildman–Crippen MR) is 87.3 cm³/mol. The van der Waals surface area contributed by atoms with E-state index in [2.05, 4.69) is 31.0 Å². The molecule has 0 bridgehead atoms. The van der Waals surface area contributed by atoms with Crippen molar-refractivity contribution in [3.05, 3.63) is 35.4 Å². The van der Waals surface area contributed by atoms with Crippen LogP contribution in [0.2, 0.25) is 0 Å². The van der Waals surface area contributed by atoms with E-state index in [9.17, 15) is 8.78 Å². The van der Waals surface area contributed by atoms with Crippen LogP contribution in [0, 0.1) is 0 Å². The fourth-order valence-corrected chi connectivity index (χ4v) is 3.26. The molecule has 0 saturated carbocycles. The third kappa shape index (κ3) is 3.85. The van der Waals surface area contributed by atoms with Gasteiger partial charge in [0.1, 0.15) is 0 Å². The predicted octanol–water partition coefficient (Wildman–Crippen LogP) is 4.32. The van der Waals surface area contributed by atoms with Gasteiger partial charge in [-0.1, -0.05) is 38.1 Å². The zero-order valence-corrected chi connectivity index (χ0v) is 14.1. The average molecular weight is 310 g/mol. The number of halogens is 2. The summed E-state index contributed by atoms with van der Waals surface area (Å²) >= 11 is 0. The van der Waals surface area contributed by atoms with Gasteiger partial charge in [-0.2, -0.15) is 0 Å². The van der Waals surface area contributed by atoms with E-state index in [-0.39, 0.29) is 11.6 Å². The lowest BCUT2D eigenvalue weighted by Crippen LogP contribution is -2.56. The smallest absolute Gasteiger partial charge is 0.270 e. The van der Waals surface area contributed by atoms with Crippen molar-refractivity contribution in [3.8, 4) is 0 Å². The van der Waals surface area contributed by atoms with Crippen LogP contribution in [0.25, 0.3) is 0 Å². The molecule has 124 valence electrons. The molecule has 1 saturated heterocycles. The first-order valence-electron chi connectivity index (χ1n) is 8.34. The molecular formula is C18H28F2N2. The third-order valence-electron chi connectivity index (χ3n) is 4.90. The van der Waals surface area contributed by atoms with Crippen molar-refractivity contribution in [2.45, 2.75) is 64.6 Å². The van der Waals surface area contributed by atoms with Gasteiger partial charge in [0.2, 0.25) is 0 Å². The first kappa shape index (κ1) is 17.4. The summed E-state index contributed by atoms with van der Waals surface area (Å²) in [5.74, 6) is -2.77. The molecule has 1 heterocycles. The Morgan fingerprint density at radius 1 is 1.23 bits per heavy atom. The highest BCUT2D eigenvalue weighted by Gasteiger charge is 2.30. The van der Waals surface area contributed by atoms with E-state index >= 15 is 0 Å². The Kier molecular flexibility index (Phi) is 5.56. The Balaban J connectivity index is 2.16. The molecule has 0 spiro atoms. The van der Waals surface area contributed by atoms with Crippen molar-refractivity contribution in [2.24, 2.45) is 0 Å². The molecule has 1 aromatic carbocycles. The van der Waals surface area contributed by atoms with E-state index in [1.54, 1.807) is 12.1 Å². The number of nitrogens with zero attached hydrogens (tertiary/aromatic N) is 1. The lowest BCUT2D eigenvalue weighted by atomic mass is 9.97. The minimum absolute atomic E-state index is 0.0854. The molecule has 1 aliphatic rings. The van der Waals surface area contributed by atoms with Gasteiger partial charge in [0.25, 0.3) is 5.92 Å². The van der Waals surface area contributed by atoms with Crippen LogP contribution < -0.4 is 5.32 Å². The van der Waals surface area contributed by atoms with E-state index in [0.29, 0.717) is 12.1 Å². The maximum absolute atomic E-state index is 13.3. The highest BCUT2D eigenvalue weighted by Crippen LogP contribution is 2.30. The van der Waals surface area contributed by atoms with E-state index < -0.39 is 5.92 Å². The first-order valence-corrected chi connectivity index (χ1v) is 8.34. The second-order valence-corrected chi connectivity index (χ2v) is 6.46. The van der Waals surface area contributed by atoms with Crippen LogP contribution in [0.15, 0.2) is 24.3 Å². The molecule has 3 atom stereocenters. The van der Waals surface area contributed by atoms with Gasteiger partial charge in [-0.25, -0.2) is 8.78 Å². The number of alkyl halides is 2. The molecular weight excluding hydrogens is 282 g/mol. The molecule has 0 amide bonds. The largest absolute Gasteiger partial charge is 0.311 e. The first-order chi connectivity index (χ1) is 10.4. The van der Waals surface area contributed by atoms with E-state index in [0.717, 1.165) is 38.4 Å². The molecule has 1 fully saturated rings. The van der Waals surface area contributed by atoms with Gasteiger partial charge in [-0.15, -0.1) is 0 Å². The number of piperazine rings is 1. The summed E-state index contributed by atoms with van der Waals surface area (Å²) < 4.78 is 26.7. The van der Waals surface area contributed by atoms with Gasteiger partial charge in [0.05, 0.1) is 0 Å². The van der Waals surface area contributed by atoms with Crippen molar-refractivity contribution in [1.82, 2.24) is 10.2 Å². The Bertz CT molecular complexity index is 467. The molecule has 2 rings (SSSR count). The Labute approximate surface area is 132 Å². The number of hydrogen-bond acceptors (Lipinski definition) is 2. The standard InChI is InChI=1S/C18H28F2N2/c1-5-16-12-22(17(6-2)11-21-16)13(3)14-7-9-15(10-8-14)18(4,19)20/h7-10,13,16-17,21H,5-6,11-12H2,1-4H3/t13?,16-,17+/m0/s1. The highest BCUT2D eigenvalue weighted by atomic mass is 19.3. The Morgan fingerprint density at radius 3 is 2.36 bits per heavy atom. The van der Waals surface area contributed by atoms with Crippen LogP contribution in [-0.2, 0) is 5.92 Å². The van der Waals surface area contributed by atoms with Gasteiger partial charge >= 0.3 is 0 Å². The molecule has 2 nitrogen and oxygen atoms in total. The van der Waals surface area contributed by atoms with Crippen molar-refractivity contribution >= 4 is 0 Å². The topological polar surface area (TPSA) is 15.3 Å². The van der Waals surface area contributed by atoms with Crippen LogP contribution in [-0.4, -0.2) is 30.1 Å². The molecule has 1 unspecified atom stereocenters. The third-order valence-corrected chi connectivity index (χ3v) is 4.90. The second kappa shape index (κ2) is 7.05. The Hall–Kier alpha value is -1.00. The second-order valence-electron chi connectivity index (χ2n) is 6.46. The minimum atomic E-state index is -2.77. The number of hydrogen-bond donors (Lipinski definition) is 1. The number of rotatable bonds is 5. The van der Waals surface area contributed by atoms with Crippen molar-refractivity contribution in [3.63, 3.8) is 0 Å². The van der Waals surface area contributed by atoms with Crippen LogP contribution >= 0.6 is 0 Å². The zero-order chi connectivity index (χ0) is 16.3. The van der Waals surface area contributed by atoms with Gasteiger partial charge in [-0.05, 0) is 25.3 Å². The van der Waals surface area contributed by atoms with E-state index in [1.807, 2.05) is 12.1 Å². The van der Waals surface area contributed by atoms with Crippen LogP contribution in [0.5, 0.6) is 0 Å². The molecule has 4 heteroatoms. The maximum atomic E-state index is 13.3. The van der Waals surface area contributed by atoms with Gasteiger partial charge in [-0.3, -0.25) is 4.90 Å². The van der Waals surface area contributed by atoms with Crippen LogP contribution in [0.1, 0.15) is 57.7 Å². The summed E-state index contributed by atoms with van der Waals surface area (Å²) in [5, 5.41) is 3.59. The fourth-order valence-electron chi connectivity index (χ4n) is 3.26. The summed E-state index contributed by atoms with van der Waals surface area (Å²) in [6.07, 6.45) is 2.21. The lowest BCUT2D eigenvalue weighted by molar-refractivity contribution is 0.0174. The van der Waals surface area contributed by atoms with Gasteiger partial charge in [0, 0.05) is 43.7 Å². The fraction of sp³-hybridized carbons (Fsp3) is 0.667. The number of nitrogens with one attached hydrogen (secondary N) is 1. The highest BCUT2D eigenvalue weighted by molar-refractivity contribution is 5.27. The maximum Gasteiger partial charge on any atom is 0.270 e. The SMILES string of the molecule is CC[C@H]1CN(C(C)c2ccc(C(C)(F)F)cc2)[C@H](CC)CN1. The van der Waals surface area contributed by atoms with E-state index in [1.165, 1.54) is 0 Å². The summed E-state index contributed by atoms with van der Waals surface area (Å²) in [7, 11) is 0. The van der Waals surface area contributed by atoms with E-state index in [4.69, 9.17) is 0 Å². The minimum Gasteiger partial charge on any atom is -0.311 e. The van der Waals surface area contributed by atoms with Crippen molar-refractivity contribution in [2.75, 3.05) is 13.1 Å². The Morgan fingerprint density at radius 2 is 1.86 bits per heavy atom. The zero-order valence-electron chi connectivity index (χ0n) is 14.1. The molecule has 1 N–H and O–H groups in total. The molecule has 1 aromatic rings. The quantitative estimate of drug-likeness (QED) is 0.871. The monoisotopic (exact) mass is 310 g/mol. The number of benzene rings is 1. The molecule has 0 radical (unpaired) electrons. The van der Waals surface area contributed by atoms with Crippen LogP contribution in [0.3, 0.4) is 0 Å². The molecule has 22 heavy (non-hydrogen) atoms. The van der Waals surface area contributed by atoms with Crippen molar-refractivity contribution < 1.29 is 8.78 Å². The van der Waals surface area contributed by atoms with Gasteiger partial charge in [0.15, 0.2) is 0 Å². The molecule has 0 aliphatic carbocycles. The van der Waals surface area contributed by atoms with Crippen molar-refractivity contribution in [1.29, 1.82) is 0 Å². The van der Waals surface area contributed by atoms with Gasteiger partial charge < -0.3 is 5.32 Å². The summed E-state index contributed by atoms with van der Waals surface area (Å²) in [6.45, 7) is 9.55. The average Bonchev–Trinajstić information content (AvgIpc) is 2.52. The lowest BCUT2D eigenvalue weighted by Gasteiger charge is -2.43. The summed E-state index contributed by atoms with van der Waals surface area (Å²) in [5.41, 5.74) is 1.20. The normalized spacial score (nSPS) is 25.2. The van der Waals surface area contributed by atoms with Crippen LogP contribution in [0.4, 0.5) is 8.78 Å². The molecule has 0 aromatic heterocycles. The summed E-state index contributed by atoms with van der Waals surface area (Å²) in [6, 6.07) is 8.11. The summed E-state index contributed by atoms with van der Waals surface area (Å²) in [4.78, 5) is 2.52. The molecule has 1 aliphatic heterocycles.